The lowest BCUT2D eigenvalue weighted by Gasteiger charge is -2.22. The first-order valence-corrected chi connectivity index (χ1v) is 13.4. The molecule has 0 spiro atoms. The molecule has 6 rings (SSSR count). The molecule has 0 N–H and O–H groups in total. The molecule has 36 heavy (non-hydrogen) atoms. The predicted octanol–water partition coefficient (Wildman–Crippen LogP) is 10.00. The van der Waals surface area contributed by atoms with Crippen molar-refractivity contribution in [2.24, 2.45) is 0 Å². The summed E-state index contributed by atoms with van der Waals surface area (Å²) in [5.41, 5.74) is 9.26. The van der Waals surface area contributed by atoms with Crippen LogP contribution in [0.2, 0.25) is 0 Å². The van der Waals surface area contributed by atoms with Crippen molar-refractivity contribution in [1.29, 1.82) is 0 Å². The Balaban J connectivity index is 1.48. The number of benzene rings is 3. The smallest absolute Gasteiger partial charge is 0.136 e. The average molecular weight is 472 g/mol. The van der Waals surface area contributed by atoms with Crippen molar-refractivity contribution in [1.82, 2.24) is 4.98 Å². The zero-order chi connectivity index (χ0) is 24.5. The van der Waals surface area contributed by atoms with Crippen LogP contribution in [0.15, 0.2) is 95.5 Å². The number of pyridine rings is 1. The summed E-state index contributed by atoms with van der Waals surface area (Å²) in [6, 6.07) is 30.6. The third kappa shape index (κ3) is 4.48. The minimum atomic E-state index is 0.454. The largest absolute Gasteiger partial charge is 0.456 e. The molecule has 1 aliphatic rings. The van der Waals surface area contributed by atoms with Crippen LogP contribution in [-0.2, 0) is 0 Å². The molecule has 0 radical (unpaired) electrons. The minimum absolute atomic E-state index is 0.454. The van der Waals surface area contributed by atoms with Gasteiger partial charge in [-0.05, 0) is 77.3 Å². The molecule has 0 bridgehead atoms. The fraction of sp³-hybridized carbons (Fsp3) is 0.265. The van der Waals surface area contributed by atoms with E-state index in [-0.39, 0.29) is 0 Å². The van der Waals surface area contributed by atoms with E-state index >= 15 is 0 Å². The fourth-order valence-electron chi connectivity index (χ4n) is 5.61. The number of furan rings is 1. The average Bonchev–Trinajstić information content (AvgIpc) is 3.38. The quantitative estimate of drug-likeness (QED) is 0.255. The summed E-state index contributed by atoms with van der Waals surface area (Å²) in [4.78, 5) is 4.73. The lowest BCUT2D eigenvalue weighted by molar-refractivity contribution is 0.443. The van der Waals surface area contributed by atoms with Gasteiger partial charge in [-0.25, -0.2) is 0 Å². The first-order valence-electron chi connectivity index (χ1n) is 13.4. The lowest BCUT2D eigenvalue weighted by Crippen LogP contribution is -2.04. The topological polar surface area (TPSA) is 26.0 Å². The summed E-state index contributed by atoms with van der Waals surface area (Å²) in [6.45, 7) is 4.44. The molecule has 3 aromatic carbocycles. The van der Waals surface area contributed by atoms with E-state index in [9.17, 15) is 0 Å². The Bertz CT molecular complexity index is 1470. The van der Waals surface area contributed by atoms with Gasteiger partial charge in [0.25, 0.3) is 0 Å². The Morgan fingerprint density at radius 3 is 2.28 bits per heavy atom. The second-order valence-electron chi connectivity index (χ2n) is 10.5. The van der Waals surface area contributed by atoms with Gasteiger partial charge in [0.2, 0.25) is 0 Å². The summed E-state index contributed by atoms with van der Waals surface area (Å²) in [5.74, 6) is 2.06. The van der Waals surface area contributed by atoms with Gasteiger partial charge >= 0.3 is 0 Å². The number of fused-ring (bicyclic) bond motifs is 1. The number of aromatic nitrogens is 1. The van der Waals surface area contributed by atoms with Crippen LogP contribution in [0.1, 0.15) is 68.9 Å². The maximum Gasteiger partial charge on any atom is 0.136 e. The van der Waals surface area contributed by atoms with Gasteiger partial charge in [0.05, 0.1) is 5.69 Å². The molecule has 0 unspecified atom stereocenters. The fourth-order valence-corrected chi connectivity index (χ4v) is 5.61. The molecule has 0 saturated heterocycles. The van der Waals surface area contributed by atoms with E-state index in [1.807, 2.05) is 12.3 Å². The first-order chi connectivity index (χ1) is 17.7. The van der Waals surface area contributed by atoms with Crippen LogP contribution < -0.4 is 0 Å². The summed E-state index contributed by atoms with van der Waals surface area (Å²) in [7, 11) is 0. The molecule has 2 heteroatoms. The molecule has 1 aliphatic carbocycles. The van der Waals surface area contributed by atoms with Gasteiger partial charge in [0.15, 0.2) is 0 Å². The standard InChI is InChI=1S/C34H33NO/c1-23(2)28-17-18-35-32(20-28)29-19-30(26-15-13-25(14-16-26)24-9-5-3-6-10-24)31-22-33(36-34(31)21-29)27-11-7-4-8-12-27/h4,7-8,11-24H,3,5-6,9-10H2,1-2H3. The summed E-state index contributed by atoms with van der Waals surface area (Å²) >= 11 is 0. The van der Waals surface area contributed by atoms with E-state index in [1.165, 1.54) is 54.4 Å². The number of rotatable bonds is 5. The molecule has 1 saturated carbocycles. The number of hydrogen-bond donors (Lipinski definition) is 0. The molecule has 180 valence electrons. The lowest BCUT2D eigenvalue weighted by atomic mass is 9.83. The maximum absolute atomic E-state index is 6.45. The molecular weight excluding hydrogens is 438 g/mol. The van der Waals surface area contributed by atoms with Crippen LogP contribution in [0, 0.1) is 0 Å². The molecule has 2 heterocycles. The van der Waals surface area contributed by atoms with Gasteiger partial charge < -0.3 is 4.42 Å². The van der Waals surface area contributed by atoms with Crippen LogP contribution >= 0.6 is 0 Å². The van der Waals surface area contributed by atoms with Crippen LogP contribution in [0.4, 0.5) is 0 Å². The van der Waals surface area contributed by atoms with Crippen molar-refractivity contribution in [3.8, 4) is 33.7 Å². The monoisotopic (exact) mass is 471 g/mol. The highest BCUT2D eigenvalue weighted by atomic mass is 16.3. The van der Waals surface area contributed by atoms with Gasteiger partial charge in [-0.3, -0.25) is 4.98 Å². The second-order valence-corrected chi connectivity index (χ2v) is 10.5. The number of hydrogen-bond acceptors (Lipinski definition) is 2. The van der Waals surface area contributed by atoms with Gasteiger partial charge in [-0.15, -0.1) is 0 Å². The molecule has 5 aromatic rings. The molecule has 2 nitrogen and oxygen atoms in total. The van der Waals surface area contributed by atoms with E-state index < -0.39 is 0 Å². The highest BCUT2D eigenvalue weighted by Gasteiger charge is 2.18. The van der Waals surface area contributed by atoms with Gasteiger partial charge in [-0.2, -0.15) is 0 Å². The van der Waals surface area contributed by atoms with Crippen LogP contribution in [0.25, 0.3) is 44.7 Å². The molecule has 0 aliphatic heterocycles. The van der Waals surface area contributed by atoms with Crippen molar-refractivity contribution in [2.45, 2.75) is 57.8 Å². The molecule has 1 fully saturated rings. The van der Waals surface area contributed by atoms with E-state index in [0.717, 1.165) is 33.6 Å². The summed E-state index contributed by atoms with van der Waals surface area (Å²) in [6.07, 6.45) is 8.66. The van der Waals surface area contributed by atoms with E-state index in [2.05, 4.69) is 92.7 Å². The first kappa shape index (κ1) is 22.8. The third-order valence-corrected chi connectivity index (χ3v) is 7.74. The molecule has 0 amide bonds. The molecule has 2 aromatic heterocycles. The van der Waals surface area contributed by atoms with Crippen molar-refractivity contribution >= 4 is 11.0 Å². The molecular formula is C34H33NO. The van der Waals surface area contributed by atoms with E-state index in [4.69, 9.17) is 9.40 Å². The van der Waals surface area contributed by atoms with Crippen molar-refractivity contribution in [3.63, 3.8) is 0 Å². The zero-order valence-corrected chi connectivity index (χ0v) is 21.2. The Morgan fingerprint density at radius 2 is 1.53 bits per heavy atom. The Labute approximate surface area is 214 Å². The van der Waals surface area contributed by atoms with Crippen LogP contribution in [0.3, 0.4) is 0 Å². The minimum Gasteiger partial charge on any atom is -0.456 e. The summed E-state index contributed by atoms with van der Waals surface area (Å²) in [5, 5.41) is 1.14. The van der Waals surface area contributed by atoms with Crippen molar-refractivity contribution in [2.75, 3.05) is 0 Å². The normalized spacial score (nSPS) is 14.5. The van der Waals surface area contributed by atoms with Crippen molar-refractivity contribution in [3.05, 3.63) is 102 Å². The zero-order valence-electron chi connectivity index (χ0n) is 21.2. The Hall–Kier alpha value is -3.65. The maximum atomic E-state index is 6.45. The predicted molar refractivity (Wildman–Crippen MR) is 150 cm³/mol. The Kier molecular flexibility index (Phi) is 6.19. The Morgan fingerprint density at radius 1 is 0.750 bits per heavy atom. The van der Waals surface area contributed by atoms with E-state index in [1.54, 1.807) is 0 Å². The van der Waals surface area contributed by atoms with Crippen LogP contribution in [-0.4, -0.2) is 4.98 Å². The van der Waals surface area contributed by atoms with Crippen molar-refractivity contribution < 1.29 is 4.42 Å². The highest BCUT2D eigenvalue weighted by Crippen LogP contribution is 2.39. The summed E-state index contributed by atoms with van der Waals surface area (Å²) < 4.78 is 6.45. The van der Waals surface area contributed by atoms with Crippen LogP contribution in [0.5, 0.6) is 0 Å². The van der Waals surface area contributed by atoms with E-state index in [0.29, 0.717) is 11.8 Å². The molecule has 0 atom stereocenters. The highest BCUT2D eigenvalue weighted by molar-refractivity contribution is 5.99. The van der Waals surface area contributed by atoms with Gasteiger partial charge in [-0.1, -0.05) is 87.7 Å². The SMILES string of the molecule is CC(C)c1ccnc(-c2cc(-c3ccc(C4CCCCC4)cc3)c3cc(-c4ccccc4)oc3c2)c1. The third-order valence-electron chi connectivity index (χ3n) is 7.74. The van der Waals surface area contributed by atoms with Gasteiger partial charge in [0, 0.05) is 22.7 Å². The number of nitrogens with zero attached hydrogens (tertiary/aromatic N) is 1. The second kappa shape index (κ2) is 9.78. The van der Waals surface area contributed by atoms with Gasteiger partial charge in [0.1, 0.15) is 11.3 Å².